The Morgan fingerprint density at radius 1 is 0.969 bits per heavy atom. The Morgan fingerprint density at radius 3 is 2.28 bits per heavy atom. The summed E-state index contributed by atoms with van der Waals surface area (Å²) in [5, 5.41) is 6.33. The van der Waals surface area contributed by atoms with Crippen molar-refractivity contribution in [2.75, 3.05) is 26.2 Å². The van der Waals surface area contributed by atoms with Gasteiger partial charge in [0.05, 0.1) is 11.8 Å². The first-order chi connectivity index (χ1) is 15.6. The predicted octanol–water partition coefficient (Wildman–Crippen LogP) is 3.89. The number of carbonyl (C=O) groups is 2. The molecule has 2 bridgehead atoms. The molecule has 32 heavy (non-hydrogen) atoms. The van der Waals surface area contributed by atoms with Crippen LogP contribution in [0.5, 0.6) is 0 Å². The van der Waals surface area contributed by atoms with Crippen molar-refractivity contribution in [3.05, 3.63) is 46.5 Å². The van der Waals surface area contributed by atoms with Crippen LogP contribution in [0.3, 0.4) is 0 Å². The molecule has 1 spiro atoms. The summed E-state index contributed by atoms with van der Waals surface area (Å²) in [4.78, 5) is 29.1. The minimum Gasteiger partial charge on any atom is -0.356 e. The number of halogens is 1. The lowest BCUT2D eigenvalue weighted by atomic mass is 9.81. The van der Waals surface area contributed by atoms with Crippen LogP contribution in [0.1, 0.15) is 44.1 Å². The third kappa shape index (κ3) is 4.16. The molecule has 2 amide bonds. The van der Waals surface area contributed by atoms with Crippen molar-refractivity contribution in [1.82, 2.24) is 15.5 Å². The van der Waals surface area contributed by atoms with Crippen LogP contribution in [0.25, 0.3) is 0 Å². The van der Waals surface area contributed by atoms with Crippen molar-refractivity contribution < 1.29 is 9.59 Å². The fourth-order valence-electron chi connectivity index (χ4n) is 6.45. The normalized spacial score (nSPS) is 29.5. The van der Waals surface area contributed by atoms with Crippen molar-refractivity contribution in [2.24, 2.45) is 29.1 Å². The number of benzene rings is 1. The molecule has 3 fully saturated rings. The zero-order valence-corrected chi connectivity index (χ0v) is 20.3. The van der Waals surface area contributed by atoms with Gasteiger partial charge in [0.15, 0.2) is 0 Å². The number of hydrogen-bond acceptors (Lipinski definition) is 3. The second-order valence-electron chi connectivity index (χ2n) is 10.1. The maximum absolute atomic E-state index is 13.3. The van der Waals surface area contributed by atoms with Crippen LogP contribution in [-0.4, -0.2) is 42.9 Å². The molecule has 5 rings (SSSR count). The molecule has 1 heterocycles. The van der Waals surface area contributed by atoms with Gasteiger partial charge in [-0.15, -0.1) is 0 Å². The quantitative estimate of drug-likeness (QED) is 0.400. The van der Waals surface area contributed by atoms with E-state index in [1.807, 2.05) is 24.3 Å². The SMILES string of the molecule is O=C(NCCCCN1CCCC1)[C@H]1[C@H](C(=O)NCc2ccccc2Br)[C@@H]2C=C[C@H]1C21CC1. The molecule has 172 valence electrons. The lowest BCUT2D eigenvalue weighted by Gasteiger charge is -2.26. The third-order valence-electron chi connectivity index (χ3n) is 8.26. The van der Waals surface area contributed by atoms with Crippen LogP contribution < -0.4 is 10.6 Å². The van der Waals surface area contributed by atoms with E-state index in [1.54, 1.807) is 0 Å². The largest absolute Gasteiger partial charge is 0.356 e. The van der Waals surface area contributed by atoms with Gasteiger partial charge in [-0.05, 0) is 87.0 Å². The zero-order valence-electron chi connectivity index (χ0n) is 18.7. The van der Waals surface area contributed by atoms with Gasteiger partial charge in [-0.3, -0.25) is 9.59 Å². The van der Waals surface area contributed by atoms with Gasteiger partial charge in [0.25, 0.3) is 0 Å². The van der Waals surface area contributed by atoms with Crippen LogP contribution in [0, 0.1) is 29.1 Å². The predicted molar refractivity (Wildman–Crippen MR) is 129 cm³/mol. The van der Waals surface area contributed by atoms with E-state index in [1.165, 1.54) is 25.9 Å². The van der Waals surface area contributed by atoms with Crippen LogP contribution >= 0.6 is 15.9 Å². The number of likely N-dealkylation sites (tertiary alicyclic amines) is 1. The van der Waals surface area contributed by atoms with Crippen LogP contribution in [-0.2, 0) is 16.1 Å². The molecule has 0 aromatic heterocycles. The lowest BCUT2D eigenvalue weighted by Crippen LogP contribution is -2.44. The van der Waals surface area contributed by atoms with Crippen molar-refractivity contribution in [3.8, 4) is 0 Å². The summed E-state index contributed by atoms with van der Waals surface area (Å²) in [6, 6.07) is 7.95. The van der Waals surface area contributed by atoms with E-state index in [0.717, 1.165) is 42.3 Å². The van der Waals surface area contributed by atoms with Crippen LogP contribution in [0.2, 0.25) is 0 Å². The Kier molecular flexibility index (Phi) is 6.44. The summed E-state index contributed by atoms with van der Waals surface area (Å²) in [7, 11) is 0. The molecule has 2 saturated carbocycles. The fourth-order valence-corrected chi connectivity index (χ4v) is 6.87. The second-order valence-corrected chi connectivity index (χ2v) is 10.9. The monoisotopic (exact) mass is 499 g/mol. The first-order valence-corrected chi connectivity index (χ1v) is 13.1. The zero-order chi connectivity index (χ0) is 22.1. The third-order valence-corrected chi connectivity index (χ3v) is 9.03. The summed E-state index contributed by atoms with van der Waals surface area (Å²) >= 11 is 3.56. The van der Waals surface area contributed by atoms with Gasteiger partial charge in [0, 0.05) is 17.6 Å². The molecule has 4 aliphatic rings. The van der Waals surface area contributed by atoms with E-state index in [2.05, 4.69) is 43.6 Å². The average molecular weight is 500 g/mol. The second kappa shape index (κ2) is 9.30. The molecule has 0 radical (unpaired) electrons. The smallest absolute Gasteiger partial charge is 0.224 e. The maximum Gasteiger partial charge on any atom is 0.224 e. The first kappa shape index (κ1) is 22.1. The van der Waals surface area contributed by atoms with Crippen molar-refractivity contribution in [3.63, 3.8) is 0 Å². The highest BCUT2D eigenvalue weighted by Gasteiger charge is 2.69. The van der Waals surface area contributed by atoms with Crippen molar-refractivity contribution in [2.45, 2.75) is 45.1 Å². The number of rotatable bonds is 9. The molecule has 3 aliphatic carbocycles. The number of nitrogens with one attached hydrogen (secondary N) is 2. The van der Waals surface area contributed by atoms with Crippen LogP contribution in [0.15, 0.2) is 40.9 Å². The minimum atomic E-state index is -0.250. The number of amides is 2. The number of nitrogens with zero attached hydrogens (tertiary/aromatic N) is 1. The van der Waals surface area contributed by atoms with Crippen molar-refractivity contribution in [1.29, 1.82) is 0 Å². The van der Waals surface area contributed by atoms with Gasteiger partial charge < -0.3 is 15.5 Å². The van der Waals surface area contributed by atoms with Crippen LogP contribution in [0.4, 0.5) is 0 Å². The molecule has 6 heteroatoms. The van der Waals surface area contributed by atoms with E-state index in [4.69, 9.17) is 0 Å². The Hall–Kier alpha value is -1.66. The Bertz CT molecular complexity index is 891. The molecular formula is C26H34BrN3O2. The number of hydrogen-bond donors (Lipinski definition) is 2. The summed E-state index contributed by atoms with van der Waals surface area (Å²) in [6.45, 7) is 4.78. The molecule has 1 saturated heterocycles. The molecule has 4 atom stereocenters. The molecule has 0 unspecified atom stereocenters. The molecule has 1 aromatic carbocycles. The first-order valence-electron chi connectivity index (χ1n) is 12.3. The summed E-state index contributed by atoms with van der Waals surface area (Å²) in [5.41, 5.74) is 1.23. The lowest BCUT2D eigenvalue weighted by molar-refractivity contribution is -0.135. The Labute approximate surface area is 199 Å². The summed E-state index contributed by atoms with van der Waals surface area (Å²) in [5.74, 6) is 0.0484. The van der Waals surface area contributed by atoms with E-state index in [0.29, 0.717) is 13.1 Å². The summed E-state index contributed by atoms with van der Waals surface area (Å²) in [6.07, 6.45) is 11.5. The van der Waals surface area contributed by atoms with Gasteiger partial charge >= 0.3 is 0 Å². The number of carbonyl (C=O) groups excluding carboxylic acids is 2. The molecular weight excluding hydrogens is 466 g/mol. The Balaban J connectivity index is 1.18. The average Bonchev–Trinajstić information content (AvgIpc) is 3.15. The molecule has 1 aromatic rings. The van der Waals surface area contributed by atoms with Gasteiger partial charge in [0.2, 0.25) is 11.8 Å². The van der Waals surface area contributed by atoms with Gasteiger partial charge in [-0.1, -0.05) is 46.3 Å². The van der Waals surface area contributed by atoms with Gasteiger partial charge in [-0.25, -0.2) is 0 Å². The minimum absolute atomic E-state index is 0.0260. The molecule has 1 aliphatic heterocycles. The standard InChI is InChI=1S/C26H34BrN3O2/c27-21-8-2-1-7-18(21)17-29-25(32)23-20-10-9-19(26(20)11-12-26)22(23)24(31)28-13-3-4-14-30-15-5-6-16-30/h1-2,7-10,19-20,22-23H,3-6,11-17H2,(H,28,31)(H,29,32)/t19-,20+,22-,23-/m1/s1. The highest BCUT2D eigenvalue weighted by Crippen LogP contribution is 2.72. The fraction of sp³-hybridized carbons (Fsp3) is 0.615. The van der Waals surface area contributed by atoms with Gasteiger partial charge in [0.1, 0.15) is 0 Å². The molecule has 5 nitrogen and oxygen atoms in total. The Morgan fingerprint density at radius 2 is 1.62 bits per heavy atom. The maximum atomic E-state index is 13.3. The van der Waals surface area contributed by atoms with E-state index in [9.17, 15) is 9.59 Å². The van der Waals surface area contributed by atoms with Gasteiger partial charge in [-0.2, -0.15) is 0 Å². The number of allylic oxidation sites excluding steroid dienone is 2. The highest BCUT2D eigenvalue weighted by atomic mass is 79.9. The summed E-state index contributed by atoms with van der Waals surface area (Å²) < 4.78 is 0.995. The highest BCUT2D eigenvalue weighted by molar-refractivity contribution is 9.10. The van der Waals surface area contributed by atoms with Crippen molar-refractivity contribution >= 4 is 27.7 Å². The van der Waals surface area contributed by atoms with E-state index < -0.39 is 0 Å². The van der Waals surface area contributed by atoms with E-state index >= 15 is 0 Å². The topological polar surface area (TPSA) is 61.4 Å². The molecule has 2 N–H and O–H groups in total. The number of unbranched alkanes of at least 4 members (excludes halogenated alkanes) is 1. The van der Waals surface area contributed by atoms with E-state index in [-0.39, 0.29) is 40.9 Å².